The standard InChI is InChI=1S/C19H15ClFN3O3S/c20-12-5-7-13(8-6-12)22-16(25)10-28-19-23-17(26)14(18(27)24-19)9-11-3-1-2-4-15(11)21/h1-8H,9-10H2,(H,22,25)(H2,23,24,26,27). The summed E-state index contributed by atoms with van der Waals surface area (Å²) in [7, 11) is 0. The summed E-state index contributed by atoms with van der Waals surface area (Å²) < 4.78 is 13.8. The summed E-state index contributed by atoms with van der Waals surface area (Å²) in [6, 6.07) is 12.6. The lowest BCUT2D eigenvalue weighted by atomic mass is 10.1. The number of carbonyl (C=O) groups excluding carboxylic acids is 1. The first-order chi connectivity index (χ1) is 13.4. The number of nitrogens with one attached hydrogen (secondary N) is 2. The molecule has 0 saturated heterocycles. The summed E-state index contributed by atoms with van der Waals surface area (Å²) in [5.74, 6) is -1.31. The molecular weight excluding hydrogens is 405 g/mol. The molecule has 0 aliphatic rings. The number of nitrogens with zero attached hydrogens (tertiary/aromatic N) is 1. The first-order valence-electron chi connectivity index (χ1n) is 8.16. The van der Waals surface area contributed by atoms with Crippen molar-refractivity contribution < 1.29 is 14.3 Å². The summed E-state index contributed by atoms with van der Waals surface area (Å²) in [6.45, 7) is 0. The molecule has 28 heavy (non-hydrogen) atoms. The Kier molecular flexibility index (Phi) is 6.33. The van der Waals surface area contributed by atoms with Crippen molar-refractivity contribution in [3.63, 3.8) is 0 Å². The van der Waals surface area contributed by atoms with Gasteiger partial charge in [-0.1, -0.05) is 41.6 Å². The van der Waals surface area contributed by atoms with Gasteiger partial charge in [-0.2, -0.15) is 4.98 Å². The van der Waals surface area contributed by atoms with Crippen LogP contribution in [0.5, 0.6) is 5.88 Å². The second-order valence-electron chi connectivity index (χ2n) is 5.79. The zero-order chi connectivity index (χ0) is 20.1. The molecule has 1 heterocycles. The number of carbonyl (C=O) groups is 1. The number of amides is 1. The van der Waals surface area contributed by atoms with Crippen LogP contribution < -0.4 is 10.9 Å². The van der Waals surface area contributed by atoms with Crippen LogP contribution in [-0.2, 0) is 11.2 Å². The maximum absolute atomic E-state index is 13.8. The number of aromatic hydroxyl groups is 1. The lowest BCUT2D eigenvalue weighted by molar-refractivity contribution is -0.113. The number of rotatable bonds is 6. The number of benzene rings is 2. The highest BCUT2D eigenvalue weighted by Gasteiger charge is 2.14. The fourth-order valence-corrected chi connectivity index (χ4v) is 3.17. The van der Waals surface area contributed by atoms with Crippen molar-refractivity contribution in [1.29, 1.82) is 0 Å². The van der Waals surface area contributed by atoms with Gasteiger partial charge in [-0.25, -0.2) is 4.39 Å². The second kappa shape index (κ2) is 8.90. The molecule has 0 bridgehead atoms. The highest BCUT2D eigenvalue weighted by Crippen LogP contribution is 2.20. The molecule has 9 heteroatoms. The second-order valence-corrected chi connectivity index (χ2v) is 7.19. The van der Waals surface area contributed by atoms with E-state index in [9.17, 15) is 19.1 Å². The Bertz CT molecular complexity index is 1060. The van der Waals surface area contributed by atoms with Gasteiger partial charge in [-0.3, -0.25) is 9.59 Å². The Hall–Kier alpha value is -2.84. The maximum Gasteiger partial charge on any atom is 0.258 e. The molecule has 6 nitrogen and oxygen atoms in total. The van der Waals surface area contributed by atoms with E-state index in [0.717, 1.165) is 11.8 Å². The minimum Gasteiger partial charge on any atom is -0.493 e. The van der Waals surface area contributed by atoms with Gasteiger partial charge in [-0.15, -0.1) is 0 Å². The lowest BCUT2D eigenvalue weighted by Crippen LogP contribution is -2.18. The topological polar surface area (TPSA) is 95.1 Å². The largest absolute Gasteiger partial charge is 0.493 e. The van der Waals surface area contributed by atoms with Gasteiger partial charge in [0.2, 0.25) is 11.8 Å². The van der Waals surface area contributed by atoms with Crippen LogP contribution in [0.25, 0.3) is 0 Å². The Labute approximate surface area is 168 Å². The fourth-order valence-electron chi connectivity index (χ4n) is 2.39. The number of H-pyrrole nitrogens is 1. The first kappa shape index (κ1) is 19.9. The third-order valence-corrected chi connectivity index (χ3v) is 4.89. The molecule has 0 aliphatic heterocycles. The molecule has 0 radical (unpaired) electrons. The van der Waals surface area contributed by atoms with E-state index >= 15 is 0 Å². The quantitative estimate of drug-likeness (QED) is 0.419. The average Bonchev–Trinajstić information content (AvgIpc) is 2.66. The van der Waals surface area contributed by atoms with Gasteiger partial charge in [0.05, 0.1) is 11.3 Å². The van der Waals surface area contributed by atoms with Crippen LogP contribution >= 0.6 is 23.4 Å². The van der Waals surface area contributed by atoms with Gasteiger partial charge >= 0.3 is 0 Å². The minimum atomic E-state index is -0.587. The Balaban J connectivity index is 1.65. The first-order valence-corrected chi connectivity index (χ1v) is 9.52. The van der Waals surface area contributed by atoms with E-state index in [0.29, 0.717) is 10.7 Å². The average molecular weight is 420 g/mol. The van der Waals surface area contributed by atoms with E-state index in [2.05, 4.69) is 15.3 Å². The number of thioether (sulfide) groups is 1. The van der Waals surface area contributed by atoms with Crippen LogP contribution in [0.2, 0.25) is 5.02 Å². The van der Waals surface area contributed by atoms with Crippen LogP contribution in [-0.4, -0.2) is 26.7 Å². The molecule has 3 aromatic rings. The molecule has 0 atom stereocenters. The van der Waals surface area contributed by atoms with Crippen molar-refractivity contribution in [3.8, 4) is 5.88 Å². The number of aromatic nitrogens is 2. The van der Waals surface area contributed by atoms with E-state index in [1.54, 1.807) is 30.3 Å². The molecule has 3 N–H and O–H groups in total. The van der Waals surface area contributed by atoms with Crippen molar-refractivity contribution in [2.45, 2.75) is 11.6 Å². The molecule has 0 aliphatic carbocycles. The Morgan fingerprint density at radius 3 is 2.61 bits per heavy atom. The van der Waals surface area contributed by atoms with Crippen molar-refractivity contribution >= 4 is 35.0 Å². The summed E-state index contributed by atoms with van der Waals surface area (Å²) in [4.78, 5) is 30.6. The van der Waals surface area contributed by atoms with Crippen LogP contribution in [0.3, 0.4) is 0 Å². The number of hydrogen-bond acceptors (Lipinski definition) is 5. The third-order valence-electron chi connectivity index (χ3n) is 3.76. The van der Waals surface area contributed by atoms with E-state index in [4.69, 9.17) is 11.6 Å². The Morgan fingerprint density at radius 2 is 1.93 bits per heavy atom. The molecule has 3 rings (SSSR count). The van der Waals surface area contributed by atoms with Crippen molar-refractivity contribution in [1.82, 2.24) is 9.97 Å². The molecule has 2 aromatic carbocycles. The molecule has 0 spiro atoms. The van der Waals surface area contributed by atoms with Crippen LogP contribution in [0.15, 0.2) is 58.5 Å². The normalized spacial score (nSPS) is 10.6. The minimum absolute atomic E-state index is 0.0301. The van der Waals surface area contributed by atoms with Gasteiger partial charge in [0, 0.05) is 17.1 Å². The van der Waals surface area contributed by atoms with E-state index in [1.165, 1.54) is 18.2 Å². The van der Waals surface area contributed by atoms with Crippen molar-refractivity contribution in [2.75, 3.05) is 11.1 Å². The number of aromatic amines is 1. The van der Waals surface area contributed by atoms with E-state index in [-0.39, 0.29) is 34.4 Å². The van der Waals surface area contributed by atoms with Gasteiger partial charge in [0.15, 0.2) is 5.16 Å². The van der Waals surface area contributed by atoms with Gasteiger partial charge in [-0.05, 0) is 35.9 Å². The highest BCUT2D eigenvalue weighted by molar-refractivity contribution is 7.99. The van der Waals surface area contributed by atoms with Crippen molar-refractivity contribution in [3.05, 3.63) is 80.9 Å². The van der Waals surface area contributed by atoms with Crippen LogP contribution in [0.4, 0.5) is 10.1 Å². The summed E-state index contributed by atoms with van der Waals surface area (Å²) >= 11 is 6.75. The van der Waals surface area contributed by atoms with Crippen molar-refractivity contribution in [2.24, 2.45) is 0 Å². The monoisotopic (exact) mass is 419 g/mol. The molecule has 0 saturated carbocycles. The molecular formula is C19H15ClFN3O3S. The predicted octanol–water partition coefficient (Wildman–Crippen LogP) is 3.59. The number of halogens is 2. The molecule has 1 amide bonds. The summed E-state index contributed by atoms with van der Waals surface area (Å²) in [5.41, 5.74) is 0.226. The molecule has 1 aromatic heterocycles. The fraction of sp³-hybridized carbons (Fsp3) is 0.105. The van der Waals surface area contributed by atoms with Gasteiger partial charge in [0.1, 0.15) is 5.82 Å². The number of anilines is 1. The van der Waals surface area contributed by atoms with E-state index in [1.807, 2.05) is 0 Å². The predicted molar refractivity (Wildman–Crippen MR) is 107 cm³/mol. The molecule has 0 unspecified atom stereocenters. The summed E-state index contributed by atoms with van der Waals surface area (Å²) in [6.07, 6.45) is -0.0944. The number of hydrogen-bond donors (Lipinski definition) is 3. The lowest BCUT2D eigenvalue weighted by Gasteiger charge is -2.07. The van der Waals surface area contributed by atoms with E-state index < -0.39 is 17.3 Å². The Morgan fingerprint density at radius 1 is 1.21 bits per heavy atom. The molecule has 0 fully saturated rings. The SMILES string of the molecule is O=C(CSc1nc(O)c(Cc2ccccc2F)c(=O)[nH]1)Nc1ccc(Cl)cc1. The van der Waals surface area contributed by atoms with Crippen LogP contribution in [0, 0.1) is 5.82 Å². The zero-order valence-electron chi connectivity index (χ0n) is 14.4. The summed E-state index contributed by atoms with van der Waals surface area (Å²) in [5, 5.41) is 13.4. The van der Waals surface area contributed by atoms with Gasteiger partial charge < -0.3 is 15.4 Å². The van der Waals surface area contributed by atoms with Crippen LogP contribution in [0.1, 0.15) is 11.1 Å². The smallest absolute Gasteiger partial charge is 0.258 e. The molecule has 144 valence electrons. The van der Waals surface area contributed by atoms with Gasteiger partial charge in [0.25, 0.3) is 5.56 Å². The zero-order valence-corrected chi connectivity index (χ0v) is 16.0. The maximum atomic E-state index is 13.8. The highest BCUT2D eigenvalue weighted by atomic mass is 35.5. The third kappa shape index (κ3) is 5.11.